The van der Waals surface area contributed by atoms with Gasteiger partial charge in [-0.1, -0.05) is 68.4 Å². The molecule has 0 aromatic carbocycles. The molecular formula is C21H34O3. The lowest BCUT2D eigenvalue weighted by Crippen LogP contribution is -2.22. The highest BCUT2D eigenvalue weighted by atomic mass is 16.4. The quantitative estimate of drug-likeness (QED) is 0.248. The summed E-state index contributed by atoms with van der Waals surface area (Å²) in [5, 5.41) is 18.6. The van der Waals surface area contributed by atoms with Gasteiger partial charge in [-0.15, -0.1) is 0 Å². The fraction of sp³-hybridized carbons (Fsp3) is 0.571. The summed E-state index contributed by atoms with van der Waals surface area (Å²) in [5.41, 5.74) is -0.586. The number of aliphatic carboxylic acids is 1. The standard InChI is InChI=1S/C21H34O3/c1-3-4-18-21(2,24)19-16-14-12-10-8-6-5-7-9-11-13-15-17-20(22)23/h5-6,9-12,14,16,24H,3-4,7-8,13,15,17-19H2,1-2H3,(H,22,23)/b6-5?,11-9-,12-10?,16-14+. The second-order valence-corrected chi connectivity index (χ2v) is 6.36. The maximum absolute atomic E-state index is 10.3. The van der Waals surface area contributed by atoms with Crippen molar-refractivity contribution in [1.29, 1.82) is 0 Å². The third kappa shape index (κ3) is 16.8. The van der Waals surface area contributed by atoms with Crippen molar-refractivity contribution in [3.8, 4) is 0 Å². The lowest BCUT2D eigenvalue weighted by Gasteiger charge is -2.20. The van der Waals surface area contributed by atoms with Gasteiger partial charge in [-0.3, -0.25) is 4.79 Å². The number of unbranched alkanes of at least 4 members (excludes halogenated alkanes) is 2. The summed E-state index contributed by atoms with van der Waals surface area (Å²) in [6.07, 6.45) is 23.7. The molecule has 0 aromatic rings. The zero-order valence-electron chi connectivity index (χ0n) is 15.3. The molecule has 1 atom stereocenters. The van der Waals surface area contributed by atoms with Crippen LogP contribution >= 0.6 is 0 Å². The largest absolute Gasteiger partial charge is 0.481 e. The summed E-state index contributed by atoms with van der Waals surface area (Å²) >= 11 is 0. The molecule has 0 rings (SSSR count). The number of carbonyl (C=O) groups is 1. The highest BCUT2D eigenvalue weighted by Gasteiger charge is 2.16. The minimum absolute atomic E-state index is 0.243. The molecule has 0 saturated carbocycles. The Morgan fingerprint density at radius 2 is 1.58 bits per heavy atom. The normalized spacial score (nSPS) is 15.1. The predicted molar refractivity (Wildman–Crippen MR) is 102 cm³/mol. The molecule has 3 nitrogen and oxygen atoms in total. The van der Waals surface area contributed by atoms with Crippen LogP contribution in [0.15, 0.2) is 48.6 Å². The lowest BCUT2D eigenvalue weighted by atomic mass is 9.95. The third-order valence-electron chi connectivity index (χ3n) is 3.65. The van der Waals surface area contributed by atoms with Crippen LogP contribution in [0.4, 0.5) is 0 Å². The van der Waals surface area contributed by atoms with Crippen molar-refractivity contribution in [2.24, 2.45) is 0 Å². The van der Waals surface area contributed by atoms with E-state index in [0.29, 0.717) is 12.8 Å². The van der Waals surface area contributed by atoms with Crippen molar-refractivity contribution in [2.45, 2.75) is 77.2 Å². The summed E-state index contributed by atoms with van der Waals surface area (Å²) < 4.78 is 0. The Morgan fingerprint density at radius 3 is 2.25 bits per heavy atom. The molecule has 0 spiro atoms. The average molecular weight is 335 g/mol. The van der Waals surface area contributed by atoms with E-state index in [2.05, 4.69) is 31.2 Å². The van der Waals surface area contributed by atoms with E-state index in [1.165, 1.54) is 0 Å². The summed E-state index contributed by atoms with van der Waals surface area (Å²) in [6.45, 7) is 4.03. The summed E-state index contributed by atoms with van der Waals surface area (Å²) in [7, 11) is 0. The van der Waals surface area contributed by atoms with E-state index < -0.39 is 11.6 Å². The molecule has 1 unspecified atom stereocenters. The van der Waals surface area contributed by atoms with Crippen molar-refractivity contribution in [2.75, 3.05) is 0 Å². The van der Waals surface area contributed by atoms with Crippen molar-refractivity contribution < 1.29 is 15.0 Å². The number of aliphatic hydroxyl groups is 1. The Labute approximate surface area is 147 Å². The van der Waals surface area contributed by atoms with Gasteiger partial charge in [-0.05, 0) is 45.4 Å². The fourth-order valence-electron chi connectivity index (χ4n) is 2.15. The van der Waals surface area contributed by atoms with Gasteiger partial charge < -0.3 is 10.2 Å². The molecule has 0 aliphatic rings. The van der Waals surface area contributed by atoms with Gasteiger partial charge in [0.05, 0.1) is 5.60 Å². The van der Waals surface area contributed by atoms with E-state index in [1.54, 1.807) is 0 Å². The number of allylic oxidation sites excluding steroid dienone is 7. The van der Waals surface area contributed by atoms with Crippen LogP contribution in [0.2, 0.25) is 0 Å². The summed E-state index contributed by atoms with van der Waals surface area (Å²) in [4.78, 5) is 10.3. The molecule has 2 N–H and O–H groups in total. The molecule has 0 amide bonds. The van der Waals surface area contributed by atoms with Gasteiger partial charge in [0.1, 0.15) is 0 Å². The lowest BCUT2D eigenvalue weighted by molar-refractivity contribution is -0.137. The first kappa shape index (κ1) is 22.4. The van der Waals surface area contributed by atoms with Crippen molar-refractivity contribution in [3.63, 3.8) is 0 Å². The Morgan fingerprint density at radius 1 is 0.958 bits per heavy atom. The molecule has 0 bridgehead atoms. The Balaban J connectivity index is 3.68. The van der Waals surface area contributed by atoms with E-state index in [9.17, 15) is 9.90 Å². The number of hydrogen-bond donors (Lipinski definition) is 2. The van der Waals surface area contributed by atoms with Crippen LogP contribution in [-0.4, -0.2) is 21.8 Å². The van der Waals surface area contributed by atoms with E-state index in [4.69, 9.17) is 5.11 Å². The van der Waals surface area contributed by atoms with E-state index >= 15 is 0 Å². The second-order valence-electron chi connectivity index (χ2n) is 6.36. The molecule has 0 aromatic heterocycles. The third-order valence-corrected chi connectivity index (χ3v) is 3.65. The number of rotatable bonds is 14. The minimum atomic E-state index is -0.728. The molecule has 0 aliphatic heterocycles. The van der Waals surface area contributed by atoms with Crippen LogP contribution in [0.5, 0.6) is 0 Å². The van der Waals surface area contributed by atoms with Gasteiger partial charge in [-0.25, -0.2) is 0 Å². The van der Waals surface area contributed by atoms with Gasteiger partial charge >= 0.3 is 5.97 Å². The minimum Gasteiger partial charge on any atom is -0.481 e. The zero-order chi connectivity index (χ0) is 18.1. The van der Waals surface area contributed by atoms with Gasteiger partial charge in [-0.2, -0.15) is 0 Å². The van der Waals surface area contributed by atoms with Crippen molar-refractivity contribution in [1.82, 2.24) is 0 Å². The molecule has 0 heterocycles. The van der Waals surface area contributed by atoms with Crippen LogP contribution < -0.4 is 0 Å². The maximum Gasteiger partial charge on any atom is 0.303 e. The summed E-state index contributed by atoms with van der Waals surface area (Å²) in [6, 6.07) is 0. The van der Waals surface area contributed by atoms with Crippen molar-refractivity contribution in [3.05, 3.63) is 48.6 Å². The zero-order valence-corrected chi connectivity index (χ0v) is 15.3. The van der Waals surface area contributed by atoms with Crippen LogP contribution in [0.3, 0.4) is 0 Å². The molecule has 0 fully saturated rings. The van der Waals surface area contributed by atoms with Gasteiger partial charge in [0.15, 0.2) is 0 Å². The molecule has 3 heteroatoms. The molecular weight excluding hydrogens is 300 g/mol. The topological polar surface area (TPSA) is 57.5 Å². The molecule has 24 heavy (non-hydrogen) atoms. The first-order valence-corrected chi connectivity index (χ1v) is 9.04. The molecule has 0 saturated heterocycles. The second kappa shape index (κ2) is 14.9. The van der Waals surface area contributed by atoms with Crippen LogP contribution in [-0.2, 0) is 4.79 Å². The number of hydrogen-bond acceptors (Lipinski definition) is 2. The van der Waals surface area contributed by atoms with Gasteiger partial charge in [0.25, 0.3) is 0 Å². The Bertz CT molecular complexity index is 428. The number of carboxylic acids is 1. The Kier molecular flexibility index (Phi) is 13.9. The van der Waals surface area contributed by atoms with E-state index in [0.717, 1.165) is 38.5 Å². The summed E-state index contributed by atoms with van der Waals surface area (Å²) in [5.74, 6) is -0.728. The maximum atomic E-state index is 10.3. The SMILES string of the molecule is CCCCC(C)(O)C/C=C/C=CCC=CC/C=C\CCCC(=O)O. The highest BCUT2D eigenvalue weighted by molar-refractivity contribution is 5.66. The fourth-order valence-corrected chi connectivity index (χ4v) is 2.15. The molecule has 136 valence electrons. The van der Waals surface area contributed by atoms with E-state index in [-0.39, 0.29) is 6.42 Å². The van der Waals surface area contributed by atoms with Crippen LogP contribution in [0.1, 0.15) is 71.6 Å². The van der Waals surface area contributed by atoms with Gasteiger partial charge in [0.2, 0.25) is 0 Å². The monoisotopic (exact) mass is 334 g/mol. The molecule has 0 aliphatic carbocycles. The van der Waals surface area contributed by atoms with Gasteiger partial charge in [0, 0.05) is 6.42 Å². The highest BCUT2D eigenvalue weighted by Crippen LogP contribution is 2.18. The average Bonchev–Trinajstić information content (AvgIpc) is 2.53. The predicted octanol–water partition coefficient (Wildman–Crippen LogP) is 5.58. The van der Waals surface area contributed by atoms with E-state index in [1.807, 2.05) is 31.2 Å². The van der Waals surface area contributed by atoms with Crippen LogP contribution in [0, 0.1) is 0 Å². The Hall–Kier alpha value is -1.61. The molecule has 0 radical (unpaired) electrons. The smallest absolute Gasteiger partial charge is 0.303 e. The number of carboxylic acid groups (broad SMARTS) is 1. The first-order valence-electron chi connectivity index (χ1n) is 9.04. The van der Waals surface area contributed by atoms with Crippen LogP contribution in [0.25, 0.3) is 0 Å². The van der Waals surface area contributed by atoms with Crippen molar-refractivity contribution >= 4 is 5.97 Å². The first-order chi connectivity index (χ1) is 11.5.